The SMILES string of the molecule is CCCNC(=NCC(c1c(F)cccc1F)N(C)C)NCC.I. The lowest BCUT2D eigenvalue weighted by atomic mass is 10.0. The standard InChI is InChI=1S/C16H26F2N4.HI/c1-5-10-20-16(19-6-2)21-11-14(22(3)4)15-12(17)8-7-9-13(15)18;/h7-9,14H,5-6,10-11H2,1-4H3,(H2,19,20,21);1H. The number of benzene rings is 1. The Labute approximate surface area is 154 Å². The Morgan fingerprint density at radius 2 is 1.78 bits per heavy atom. The molecule has 0 bridgehead atoms. The van der Waals surface area contributed by atoms with Crippen LogP contribution in [0.2, 0.25) is 0 Å². The second-order valence-electron chi connectivity index (χ2n) is 5.26. The number of hydrogen-bond acceptors (Lipinski definition) is 2. The fourth-order valence-electron chi connectivity index (χ4n) is 2.10. The zero-order valence-electron chi connectivity index (χ0n) is 14.2. The van der Waals surface area contributed by atoms with Crippen LogP contribution in [-0.4, -0.2) is 44.6 Å². The average Bonchev–Trinajstić information content (AvgIpc) is 2.47. The lowest BCUT2D eigenvalue weighted by molar-refractivity contribution is 0.290. The number of rotatable bonds is 7. The van der Waals surface area contributed by atoms with Gasteiger partial charge in [0.15, 0.2) is 5.96 Å². The first kappa shape index (κ1) is 22.0. The molecule has 132 valence electrons. The van der Waals surface area contributed by atoms with Crippen molar-refractivity contribution in [3.8, 4) is 0 Å². The number of likely N-dealkylation sites (N-methyl/N-ethyl adjacent to an activating group) is 1. The molecule has 1 aromatic rings. The highest BCUT2D eigenvalue weighted by Gasteiger charge is 2.22. The smallest absolute Gasteiger partial charge is 0.191 e. The summed E-state index contributed by atoms with van der Waals surface area (Å²) < 4.78 is 28.0. The van der Waals surface area contributed by atoms with E-state index in [1.807, 2.05) is 6.92 Å². The van der Waals surface area contributed by atoms with Crippen LogP contribution in [0.4, 0.5) is 8.78 Å². The molecule has 0 spiro atoms. The third-order valence-electron chi connectivity index (χ3n) is 3.27. The van der Waals surface area contributed by atoms with E-state index in [4.69, 9.17) is 0 Å². The first-order valence-corrected chi connectivity index (χ1v) is 7.63. The van der Waals surface area contributed by atoms with Crippen LogP contribution in [0, 0.1) is 11.6 Å². The van der Waals surface area contributed by atoms with E-state index in [1.54, 1.807) is 19.0 Å². The molecule has 0 amide bonds. The predicted molar refractivity (Wildman–Crippen MR) is 102 cm³/mol. The van der Waals surface area contributed by atoms with Gasteiger partial charge in [0.2, 0.25) is 0 Å². The van der Waals surface area contributed by atoms with Crippen LogP contribution in [0.3, 0.4) is 0 Å². The molecule has 23 heavy (non-hydrogen) atoms. The molecule has 0 radical (unpaired) electrons. The third-order valence-corrected chi connectivity index (χ3v) is 3.27. The van der Waals surface area contributed by atoms with E-state index in [1.165, 1.54) is 18.2 Å². The fourth-order valence-corrected chi connectivity index (χ4v) is 2.10. The molecule has 0 aliphatic heterocycles. The molecular weight excluding hydrogens is 413 g/mol. The van der Waals surface area contributed by atoms with Crippen LogP contribution < -0.4 is 10.6 Å². The minimum atomic E-state index is -0.541. The second-order valence-corrected chi connectivity index (χ2v) is 5.26. The van der Waals surface area contributed by atoms with Crippen LogP contribution in [0.15, 0.2) is 23.2 Å². The predicted octanol–water partition coefficient (Wildman–Crippen LogP) is 3.15. The Kier molecular flexibility index (Phi) is 11.1. The molecule has 1 rings (SSSR count). The number of nitrogens with zero attached hydrogens (tertiary/aromatic N) is 2. The molecule has 2 N–H and O–H groups in total. The highest BCUT2D eigenvalue weighted by Crippen LogP contribution is 2.24. The van der Waals surface area contributed by atoms with Gasteiger partial charge in [0.25, 0.3) is 0 Å². The van der Waals surface area contributed by atoms with Crippen molar-refractivity contribution in [3.05, 3.63) is 35.4 Å². The number of nitrogens with one attached hydrogen (secondary N) is 2. The van der Waals surface area contributed by atoms with Gasteiger partial charge < -0.3 is 15.5 Å². The van der Waals surface area contributed by atoms with Gasteiger partial charge >= 0.3 is 0 Å². The van der Waals surface area contributed by atoms with E-state index in [0.717, 1.165) is 19.5 Å². The summed E-state index contributed by atoms with van der Waals surface area (Å²) in [5.41, 5.74) is 0.0580. The number of hydrogen-bond donors (Lipinski definition) is 2. The summed E-state index contributed by atoms with van der Waals surface area (Å²) in [6.45, 7) is 5.84. The summed E-state index contributed by atoms with van der Waals surface area (Å²) >= 11 is 0. The zero-order valence-corrected chi connectivity index (χ0v) is 16.5. The Hall–Kier alpha value is -0.960. The van der Waals surface area contributed by atoms with Gasteiger partial charge in [-0.05, 0) is 39.6 Å². The molecular formula is C16H27F2IN4. The molecule has 0 aliphatic carbocycles. The minimum absolute atomic E-state index is 0. The summed E-state index contributed by atoms with van der Waals surface area (Å²) in [6.07, 6.45) is 0.976. The summed E-state index contributed by atoms with van der Waals surface area (Å²) in [7, 11) is 3.58. The maximum absolute atomic E-state index is 14.0. The van der Waals surface area contributed by atoms with Crippen LogP contribution in [0.1, 0.15) is 31.9 Å². The lowest BCUT2D eigenvalue weighted by Gasteiger charge is -2.24. The van der Waals surface area contributed by atoms with E-state index in [0.29, 0.717) is 5.96 Å². The summed E-state index contributed by atoms with van der Waals surface area (Å²) in [4.78, 5) is 6.22. The van der Waals surface area contributed by atoms with Crippen LogP contribution in [0.5, 0.6) is 0 Å². The van der Waals surface area contributed by atoms with E-state index in [2.05, 4.69) is 22.5 Å². The van der Waals surface area contributed by atoms with Crippen molar-refractivity contribution >= 4 is 29.9 Å². The van der Waals surface area contributed by atoms with Crippen LogP contribution in [-0.2, 0) is 0 Å². The molecule has 0 saturated carbocycles. The monoisotopic (exact) mass is 440 g/mol. The molecule has 0 heterocycles. The van der Waals surface area contributed by atoms with Gasteiger partial charge in [-0.25, -0.2) is 8.78 Å². The first-order chi connectivity index (χ1) is 10.5. The van der Waals surface area contributed by atoms with Gasteiger partial charge in [-0.1, -0.05) is 13.0 Å². The molecule has 0 aromatic heterocycles. The zero-order chi connectivity index (χ0) is 16.5. The van der Waals surface area contributed by atoms with Crippen molar-refractivity contribution in [1.82, 2.24) is 15.5 Å². The van der Waals surface area contributed by atoms with Gasteiger partial charge in [0, 0.05) is 18.7 Å². The van der Waals surface area contributed by atoms with Crippen molar-refractivity contribution in [3.63, 3.8) is 0 Å². The Bertz CT molecular complexity index is 475. The van der Waals surface area contributed by atoms with E-state index in [-0.39, 0.29) is 36.1 Å². The molecule has 1 unspecified atom stereocenters. The number of halogens is 3. The average molecular weight is 440 g/mol. The van der Waals surface area contributed by atoms with Crippen LogP contribution >= 0.6 is 24.0 Å². The second kappa shape index (κ2) is 11.6. The number of guanidine groups is 1. The number of aliphatic imine (C=N–C) groups is 1. The van der Waals surface area contributed by atoms with Crippen molar-refractivity contribution in [2.45, 2.75) is 26.3 Å². The quantitative estimate of drug-likeness (QED) is 0.389. The largest absolute Gasteiger partial charge is 0.357 e. The summed E-state index contributed by atoms with van der Waals surface area (Å²) in [6, 6.07) is 3.47. The van der Waals surface area contributed by atoms with Gasteiger partial charge in [-0.15, -0.1) is 24.0 Å². The van der Waals surface area contributed by atoms with Gasteiger partial charge in [0.05, 0.1) is 12.6 Å². The van der Waals surface area contributed by atoms with Gasteiger partial charge in [-0.3, -0.25) is 4.99 Å². The topological polar surface area (TPSA) is 39.7 Å². The Morgan fingerprint density at radius 1 is 1.17 bits per heavy atom. The van der Waals surface area contributed by atoms with Crippen molar-refractivity contribution in [1.29, 1.82) is 0 Å². The highest BCUT2D eigenvalue weighted by atomic mass is 127. The molecule has 0 saturated heterocycles. The van der Waals surface area contributed by atoms with Gasteiger partial charge in [0.1, 0.15) is 11.6 Å². The molecule has 7 heteroatoms. The normalized spacial score (nSPS) is 12.7. The highest BCUT2D eigenvalue weighted by molar-refractivity contribution is 14.0. The summed E-state index contributed by atoms with van der Waals surface area (Å²) in [5, 5.41) is 6.30. The molecule has 1 aromatic carbocycles. The minimum Gasteiger partial charge on any atom is -0.357 e. The summed E-state index contributed by atoms with van der Waals surface area (Å²) in [5.74, 6) is -0.422. The van der Waals surface area contributed by atoms with Crippen molar-refractivity contribution in [2.24, 2.45) is 4.99 Å². The van der Waals surface area contributed by atoms with Crippen molar-refractivity contribution in [2.75, 3.05) is 33.7 Å². The Morgan fingerprint density at radius 3 is 2.26 bits per heavy atom. The molecule has 1 atom stereocenters. The maximum Gasteiger partial charge on any atom is 0.191 e. The van der Waals surface area contributed by atoms with E-state index >= 15 is 0 Å². The van der Waals surface area contributed by atoms with Gasteiger partial charge in [-0.2, -0.15) is 0 Å². The molecule has 0 fully saturated rings. The third kappa shape index (κ3) is 6.99. The van der Waals surface area contributed by atoms with Crippen molar-refractivity contribution < 1.29 is 8.78 Å². The molecule has 4 nitrogen and oxygen atoms in total. The molecule has 0 aliphatic rings. The lowest BCUT2D eigenvalue weighted by Crippen LogP contribution is -2.38. The van der Waals surface area contributed by atoms with E-state index in [9.17, 15) is 8.78 Å². The fraction of sp³-hybridized carbons (Fsp3) is 0.562. The van der Waals surface area contributed by atoms with E-state index < -0.39 is 17.7 Å². The van der Waals surface area contributed by atoms with Crippen LogP contribution in [0.25, 0.3) is 0 Å². The maximum atomic E-state index is 14.0. The first-order valence-electron chi connectivity index (χ1n) is 7.63. The Balaban J connectivity index is 0.00000484.